The summed E-state index contributed by atoms with van der Waals surface area (Å²) in [5, 5.41) is 0.934. The molecule has 0 saturated heterocycles. The van der Waals surface area contributed by atoms with Crippen LogP contribution in [0.4, 0.5) is 0 Å². The lowest BCUT2D eigenvalue weighted by atomic mass is 10.3. The Morgan fingerprint density at radius 2 is 0.914 bits per heavy atom. The van der Waals surface area contributed by atoms with Crippen molar-refractivity contribution in [2.75, 3.05) is 86.4 Å². The molecule has 0 aliphatic rings. The van der Waals surface area contributed by atoms with Gasteiger partial charge < -0.3 is 47.4 Å². The summed E-state index contributed by atoms with van der Waals surface area (Å²) >= 11 is 3.18. The van der Waals surface area contributed by atoms with E-state index in [-0.39, 0.29) is 39.8 Å². The Morgan fingerprint density at radius 3 is 1.17 bits per heavy atom. The summed E-state index contributed by atoms with van der Waals surface area (Å²) in [5.74, 6) is 0. The molecule has 10 nitrogen and oxygen atoms in total. The van der Waals surface area contributed by atoms with E-state index in [0.717, 1.165) is 37.6 Å². The van der Waals surface area contributed by atoms with E-state index in [4.69, 9.17) is 42.6 Å². The second-order valence-electron chi connectivity index (χ2n) is 6.57. The maximum absolute atomic E-state index is 5.40. The summed E-state index contributed by atoms with van der Waals surface area (Å²) < 4.78 is 51.4. The summed E-state index contributed by atoms with van der Waals surface area (Å²) in [6.45, 7) is 14.9. The van der Waals surface area contributed by atoms with E-state index in [1.165, 1.54) is 0 Å². The zero-order valence-corrected chi connectivity index (χ0v) is 24.8. The van der Waals surface area contributed by atoms with Gasteiger partial charge in [-0.15, -0.1) is 0 Å². The van der Waals surface area contributed by atoms with Gasteiger partial charge in [-0.2, -0.15) is 0 Å². The first-order valence-corrected chi connectivity index (χ1v) is 13.5. The summed E-state index contributed by atoms with van der Waals surface area (Å²) in [7, 11) is 3.36. The largest absolute Gasteiger partial charge is 0.385 e. The Hall–Kier alpha value is 0.0800. The Bertz CT molecular complexity index is 308. The quantitative estimate of drug-likeness (QED) is 0.0889. The van der Waals surface area contributed by atoms with Crippen LogP contribution in [-0.4, -0.2) is 98.9 Å². The Balaban J connectivity index is -0.000000493. The average Bonchev–Trinajstić information content (AvgIpc) is 2.86. The number of methoxy groups -OCH3 is 2. The lowest BCUT2D eigenvalue weighted by Gasteiger charge is -2.18. The van der Waals surface area contributed by atoms with Gasteiger partial charge in [-0.3, -0.25) is 0 Å². The molecule has 0 rings (SSSR count). The van der Waals surface area contributed by atoms with Gasteiger partial charge in [0.25, 0.3) is 0 Å². The van der Waals surface area contributed by atoms with Crippen LogP contribution < -0.4 is 0 Å². The Labute approximate surface area is 222 Å². The highest BCUT2D eigenvalue weighted by molar-refractivity contribution is 9.09. The molecular weight excluding hydrogens is 528 g/mol. The van der Waals surface area contributed by atoms with Crippen LogP contribution in [0, 0.1) is 0 Å². The van der Waals surface area contributed by atoms with Crippen molar-refractivity contribution < 1.29 is 47.4 Å². The number of alkyl halides is 1. The molecule has 0 heterocycles. The van der Waals surface area contributed by atoms with E-state index in [9.17, 15) is 0 Å². The summed E-state index contributed by atoms with van der Waals surface area (Å²) in [6, 6.07) is 0. The summed E-state index contributed by atoms with van der Waals surface area (Å²) in [6.07, 6.45) is 3.04. The number of halogens is 1. The standard InChI is InChI=1S/C11H24O5.C10H22O4.C3H7BrO/c1-4-13-9-15-11(7-6-8-12-3)16-10-14-5-2;1-4-7-10(13-8-11-5-2)14-9-12-6-3;1-5-3-2-4/h11H,4-10H2,1-3H3;10H,4-9H2,1-3H3;2-3H2,1H3. The van der Waals surface area contributed by atoms with Gasteiger partial charge >= 0.3 is 0 Å². The third kappa shape index (κ3) is 38.8. The van der Waals surface area contributed by atoms with Crippen LogP contribution in [-0.2, 0) is 47.4 Å². The molecule has 0 aliphatic carbocycles. The lowest BCUT2D eigenvalue weighted by molar-refractivity contribution is -0.229. The molecule has 0 N–H and O–H groups in total. The summed E-state index contributed by atoms with van der Waals surface area (Å²) in [5.41, 5.74) is 0. The van der Waals surface area contributed by atoms with Crippen molar-refractivity contribution in [1.82, 2.24) is 0 Å². The van der Waals surface area contributed by atoms with Crippen molar-refractivity contribution in [2.24, 2.45) is 0 Å². The smallest absolute Gasteiger partial charge is 0.163 e. The predicted octanol–water partition coefficient (Wildman–Crippen LogP) is 4.92. The van der Waals surface area contributed by atoms with Gasteiger partial charge in [-0.25, -0.2) is 0 Å². The molecule has 11 heteroatoms. The van der Waals surface area contributed by atoms with Crippen molar-refractivity contribution in [2.45, 2.75) is 72.9 Å². The van der Waals surface area contributed by atoms with Crippen molar-refractivity contribution >= 4 is 15.9 Å². The van der Waals surface area contributed by atoms with Crippen molar-refractivity contribution in [3.8, 4) is 0 Å². The van der Waals surface area contributed by atoms with E-state index in [0.29, 0.717) is 33.0 Å². The molecule has 0 spiro atoms. The van der Waals surface area contributed by atoms with Gasteiger partial charge in [-0.05, 0) is 40.5 Å². The minimum atomic E-state index is -0.284. The van der Waals surface area contributed by atoms with Gasteiger partial charge in [0.15, 0.2) is 12.6 Å². The van der Waals surface area contributed by atoms with Crippen LogP contribution in [0.5, 0.6) is 0 Å². The zero-order chi connectivity index (χ0) is 26.8. The molecule has 216 valence electrons. The first-order chi connectivity index (χ1) is 17.1. The molecule has 0 aromatic heterocycles. The Morgan fingerprint density at radius 1 is 0.543 bits per heavy atom. The van der Waals surface area contributed by atoms with E-state index in [1.807, 2.05) is 27.7 Å². The Kier molecular flexibility index (Phi) is 43.7. The fourth-order valence-corrected chi connectivity index (χ4v) is 2.29. The van der Waals surface area contributed by atoms with Crippen molar-refractivity contribution in [3.63, 3.8) is 0 Å². The van der Waals surface area contributed by atoms with Crippen LogP contribution in [0.25, 0.3) is 0 Å². The molecule has 0 radical (unpaired) electrons. The molecule has 0 amide bonds. The summed E-state index contributed by atoms with van der Waals surface area (Å²) in [4.78, 5) is 0. The van der Waals surface area contributed by atoms with Gasteiger partial charge in [0, 0.05) is 59.0 Å². The van der Waals surface area contributed by atoms with E-state index in [1.54, 1.807) is 14.2 Å². The van der Waals surface area contributed by atoms with Gasteiger partial charge in [-0.1, -0.05) is 29.3 Å². The number of rotatable bonds is 24. The molecule has 0 fully saturated rings. The minimum absolute atomic E-state index is 0.210. The molecule has 0 bridgehead atoms. The fourth-order valence-electron chi connectivity index (χ4n) is 1.97. The first-order valence-electron chi connectivity index (χ1n) is 12.4. The number of hydrogen-bond acceptors (Lipinski definition) is 10. The maximum atomic E-state index is 5.40. The normalized spacial score (nSPS) is 10.8. The van der Waals surface area contributed by atoms with Crippen LogP contribution >= 0.6 is 15.9 Å². The second kappa shape index (κ2) is 38.6. The molecule has 0 aromatic rings. The minimum Gasteiger partial charge on any atom is -0.385 e. The lowest BCUT2D eigenvalue weighted by Crippen LogP contribution is -2.21. The van der Waals surface area contributed by atoms with Crippen LogP contribution in [0.15, 0.2) is 0 Å². The molecule has 0 atom stereocenters. The SMILES string of the molecule is CCCC(OCOCC)OCOCC.CCOCOC(CCCOC)OCOCC.COCCBr. The van der Waals surface area contributed by atoms with E-state index in [2.05, 4.69) is 27.6 Å². The first kappa shape index (κ1) is 39.6. The highest BCUT2D eigenvalue weighted by Crippen LogP contribution is 2.06. The predicted molar refractivity (Wildman–Crippen MR) is 140 cm³/mol. The highest BCUT2D eigenvalue weighted by atomic mass is 79.9. The highest BCUT2D eigenvalue weighted by Gasteiger charge is 2.09. The third-order valence-electron chi connectivity index (χ3n) is 3.76. The average molecular weight is 582 g/mol. The van der Waals surface area contributed by atoms with E-state index < -0.39 is 0 Å². The molecule has 0 unspecified atom stereocenters. The van der Waals surface area contributed by atoms with Crippen LogP contribution in [0.2, 0.25) is 0 Å². The molecule has 0 aromatic carbocycles. The number of ether oxygens (including phenoxy) is 10. The van der Waals surface area contributed by atoms with Gasteiger partial charge in [0.2, 0.25) is 0 Å². The molecule has 0 saturated carbocycles. The topological polar surface area (TPSA) is 92.3 Å². The molecule has 35 heavy (non-hydrogen) atoms. The van der Waals surface area contributed by atoms with Crippen LogP contribution in [0.3, 0.4) is 0 Å². The second-order valence-corrected chi connectivity index (χ2v) is 7.37. The van der Waals surface area contributed by atoms with Gasteiger partial charge in [0.05, 0.1) is 6.61 Å². The van der Waals surface area contributed by atoms with Crippen LogP contribution in [0.1, 0.15) is 60.3 Å². The number of hydrogen-bond donors (Lipinski definition) is 0. The van der Waals surface area contributed by atoms with Gasteiger partial charge in [0.1, 0.15) is 27.2 Å². The fraction of sp³-hybridized carbons (Fsp3) is 1.00. The van der Waals surface area contributed by atoms with Crippen molar-refractivity contribution in [3.05, 3.63) is 0 Å². The van der Waals surface area contributed by atoms with E-state index >= 15 is 0 Å². The van der Waals surface area contributed by atoms with Crippen molar-refractivity contribution in [1.29, 1.82) is 0 Å². The zero-order valence-electron chi connectivity index (χ0n) is 23.2. The third-order valence-corrected chi connectivity index (χ3v) is 4.08. The monoisotopic (exact) mass is 580 g/mol. The molecular formula is C24H53BrO10. The molecule has 0 aliphatic heterocycles. The maximum Gasteiger partial charge on any atom is 0.163 e.